The second-order valence-electron chi connectivity index (χ2n) is 7.54. The molecule has 0 aliphatic rings. The van der Waals surface area contributed by atoms with Gasteiger partial charge in [-0.05, 0) is 36.4 Å². The summed E-state index contributed by atoms with van der Waals surface area (Å²) in [5.41, 5.74) is 2.49. The molecular weight excluding hydrogens is 322 g/mol. The lowest BCUT2D eigenvalue weighted by Crippen LogP contribution is -1.94. The molecule has 2 rings (SSSR count). The number of aryl methyl sites for hydroxylation is 1. The highest BCUT2D eigenvalue weighted by Crippen LogP contribution is 2.19. The number of benzene rings is 1. The maximum Gasteiger partial charge on any atom is 0.335 e. The zero-order chi connectivity index (χ0) is 18.6. The van der Waals surface area contributed by atoms with Gasteiger partial charge < -0.3 is 10.1 Å². The zero-order valence-corrected chi connectivity index (χ0v) is 16.4. The number of aromatic nitrogens is 1. The van der Waals surface area contributed by atoms with Gasteiger partial charge in [-0.3, -0.25) is 0 Å². The van der Waals surface area contributed by atoms with Crippen LogP contribution in [0.15, 0.2) is 24.3 Å². The van der Waals surface area contributed by atoms with Crippen LogP contribution in [0.25, 0.3) is 10.9 Å². The predicted molar refractivity (Wildman–Crippen MR) is 110 cm³/mol. The van der Waals surface area contributed by atoms with Crippen molar-refractivity contribution in [1.82, 2.24) is 4.98 Å². The van der Waals surface area contributed by atoms with Crippen molar-refractivity contribution < 1.29 is 9.90 Å². The highest BCUT2D eigenvalue weighted by molar-refractivity contribution is 5.93. The van der Waals surface area contributed by atoms with Crippen LogP contribution in [0.1, 0.15) is 100 Å². The molecule has 0 unspecified atom stereocenters. The van der Waals surface area contributed by atoms with Gasteiger partial charge in [0.15, 0.2) is 0 Å². The minimum absolute atomic E-state index is 0.344. The summed E-state index contributed by atoms with van der Waals surface area (Å²) >= 11 is 0. The standard InChI is InChI=1S/C23H35NO2/c1-2-3-4-5-6-7-8-9-10-11-12-13-14-21-17-19-15-16-20(23(25)26)18-22(19)24-21/h15-18,24H,2-14H2,1H3,(H,25,26). The summed E-state index contributed by atoms with van der Waals surface area (Å²) in [5.74, 6) is -0.871. The van der Waals surface area contributed by atoms with Crippen molar-refractivity contribution in [1.29, 1.82) is 0 Å². The van der Waals surface area contributed by atoms with Gasteiger partial charge in [-0.2, -0.15) is 0 Å². The normalized spacial score (nSPS) is 11.3. The summed E-state index contributed by atoms with van der Waals surface area (Å²) in [7, 11) is 0. The van der Waals surface area contributed by atoms with E-state index in [1.807, 2.05) is 6.07 Å². The quantitative estimate of drug-likeness (QED) is 0.354. The Hall–Kier alpha value is -1.77. The molecule has 0 aliphatic carbocycles. The van der Waals surface area contributed by atoms with Crippen LogP contribution in [0.3, 0.4) is 0 Å². The molecule has 3 nitrogen and oxygen atoms in total. The molecule has 0 atom stereocenters. The number of carboxylic acid groups (broad SMARTS) is 1. The van der Waals surface area contributed by atoms with E-state index in [0.29, 0.717) is 5.56 Å². The van der Waals surface area contributed by atoms with Crippen LogP contribution in [0.5, 0.6) is 0 Å². The molecule has 0 saturated carbocycles. The van der Waals surface area contributed by atoms with E-state index in [0.717, 1.165) is 17.3 Å². The fourth-order valence-electron chi connectivity index (χ4n) is 3.61. The van der Waals surface area contributed by atoms with E-state index in [1.54, 1.807) is 12.1 Å². The lowest BCUT2D eigenvalue weighted by Gasteiger charge is -2.02. The topological polar surface area (TPSA) is 53.1 Å². The van der Waals surface area contributed by atoms with Gasteiger partial charge in [0.05, 0.1) is 5.56 Å². The molecule has 0 spiro atoms. The van der Waals surface area contributed by atoms with Gasteiger partial charge in [-0.1, -0.05) is 83.6 Å². The van der Waals surface area contributed by atoms with E-state index >= 15 is 0 Å². The Labute approximate surface area is 158 Å². The molecule has 1 aromatic carbocycles. The molecule has 1 aromatic heterocycles. The SMILES string of the molecule is CCCCCCCCCCCCCCc1cc2ccc(C(=O)O)cc2[nH]1. The molecule has 26 heavy (non-hydrogen) atoms. The van der Waals surface area contributed by atoms with Crippen LogP contribution in [-0.2, 0) is 6.42 Å². The van der Waals surface area contributed by atoms with Gasteiger partial charge in [0.1, 0.15) is 0 Å². The number of rotatable bonds is 14. The Morgan fingerprint density at radius 1 is 0.846 bits per heavy atom. The van der Waals surface area contributed by atoms with Gasteiger partial charge in [-0.15, -0.1) is 0 Å². The predicted octanol–water partition coefficient (Wildman–Crippen LogP) is 7.11. The summed E-state index contributed by atoms with van der Waals surface area (Å²) in [4.78, 5) is 14.4. The van der Waals surface area contributed by atoms with Crippen molar-refractivity contribution in [3.63, 3.8) is 0 Å². The Morgan fingerprint density at radius 3 is 2.00 bits per heavy atom. The van der Waals surface area contributed by atoms with Crippen LogP contribution in [0.2, 0.25) is 0 Å². The van der Waals surface area contributed by atoms with Crippen molar-refractivity contribution in [3.05, 3.63) is 35.5 Å². The molecular formula is C23H35NO2. The summed E-state index contributed by atoms with van der Waals surface area (Å²) in [6.45, 7) is 2.27. The molecule has 0 saturated heterocycles. The van der Waals surface area contributed by atoms with Crippen LogP contribution >= 0.6 is 0 Å². The number of unbranched alkanes of at least 4 members (excludes halogenated alkanes) is 11. The summed E-state index contributed by atoms with van der Waals surface area (Å²) < 4.78 is 0. The first-order valence-corrected chi connectivity index (χ1v) is 10.6. The van der Waals surface area contributed by atoms with Crippen molar-refractivity contribution in [3.8, 4) is 0 Å². The first kappa shape index (κ1) is 20.5. The Balaban J connectivity index is 1.53. The first-order chi connectivity index (χ1) is 12.7. The van der Waals surface area contributed by atoms with E-state index in [2.05, 4.69) is 18.0 Å². The number of carbonyl (C=O) groups is 1. The number of carboxylic acids is 1. The Morgan fingerprint density at radius 2 is 1.42 bits per heavy atom. The molecule has 1 heterocycles. The number of fused-ring (bicyclic) bond motifs is 1. The Bertz CT molecular complexity index is 659. The molecule has 0 radical (unpaired) electrons. The minimum atomic E-state index is -0.871. The number of hydrogen-bond donors (Lipinski definition) is 2. The fraction of sp³-hybridized carbons (Fsp3) is 0.609. The third-order valence-corrected chi connectivity index (χ3v) is 5.22. The maximum absolute atomic E-state index is 11.0. The monoisotopic (exact) mass is 357 g/mol. The van der Waals surface area contributed by atoms with E-state index < -0.39 is 5.97 Å². The van der Waals surface area contributed by atoms with E-state index in [1.165, 1.54) is 82.7 Å². The average molecular weight is 358 g/mol. The number of hydrogen-bond acceptors (Lipinski definition) is 1. The number of aromatic carboxylic acids is 1. The molecule has 3 heteroatoms. The average Bonchev–Trinajstić information content (AvgIpc) is 3.04. The number of aromatic amines is 1. The number of nitrogens with one attached hydrogen (secondary N) is 1. The molecule has 2 aromatic rings. The van der Waals surface area contributed by atoms with Crippen molar-refractivity contribution in [2.24, 2.45) is 0 Å². The van der Waals surface area contributed by atoms with Crippen molar-refractivity contribution in [2.45, 2.75) is 90.4 Å². The van der Waals surface area contributed by atoms with Crippen LogP contribution in [0.4, 0.5) is 0 Å². The summed E-state index contributed by atoms with van der Waals surface area (Å²) in [6, 6.07) is 7.44. The van der Waals surface area contributed by atoms with Crippen molar-refractivity contribution in [2.75, 3.05) is 0 Å². The molecule has 0 fully saturated rings. The zero-order valence-electron chi connectivity index (χ0n) is 16.4. The van der Waals surface area contributed by atoms with E-state index in [9.17, 15) is 4.79 Å². The van der Waals surface area contributed by atoms with Gasteiger partial charge in [0, 0.05) is 11.2 Å². The largest absolute Gasteiger partial charge is 0.478 e. The summed E-state index contributed by atoms with van der Waals surface area (Å²) in [5, 5.41) is 10.2. The maximum atomic E-state index is 11.0. The fourth-order valence-corrected chi connectivity index (χ4v) is 3.61. The van der Waals surface area contributed by atoms with Crippen LogP contribution in [-0.4, -0.2) is 16.1 Å². The molecule has 0 bridgehead atoms. The van der Waals surface area contributed by atoms with Gasteiger partial charge in [0.25, 0.3) is 0 Å². The highest BCUT2D eigenvalue weighted by atomic mass is 16.4. The van der Waals surface area contributed by atoms with Gasteiger partial charge >= 0.3 is 5.97 Å². The van der Waals surface area contributed by atoms with Crippen molar-refractivity contribution >= 4 is 16.9 Å². The minimum Gasteiger partial charge on any atom is -0.478 e. The third kappa shape index (κ3) is 7.23. The highest BCUT2D eigenvalue weighted by Gasteiger charge is 2.06. The lowest BCUT2D eigenvalue weighted by atomic mass is 10.0. The van der Waals surface area contributed by atoms with Gasteiger partial charge in [0.2, 0.25) is 0 Å². The van der Waals surface area contributed by atoms with Gasteiger partial charge in [-0.25, -0.2) is 4.79 Å². The third-order valence-electron chi connectivity index (χ3n) is 5.22. The van der Waals surface area contributed by atoms with Crippen LogP contribution in [0, 0.1) is 0 Å². The number of H-pyrrole nitrogens is 1. The van der Waals surface area contributed by atoms with Crippen LogP contribution < -0.4 is 0 Å². The molecule has 0 amide bonds. The molecule has 0 aliphatic heterocycles. The molecule has 2 N–H and O–H groups in total. The second kappa shape index (κ2) is 11.8. The summed E-state index contributed by atoms with van der Waals surface area (Å²) in [6.07, 6.45) is 17.4. The lowest BCUT2D eigenvalue weighted by molar-refractivity contribution is 0.0697. The molecule has 144 valence electrons. The smallest absolute Gasteiger partial charge is 0.335 e. The van der Waals surface area contributed by atoms with E-state index in [4.69, 9.17) is 5.11 Å². The second-order valence-corrected chi connectivity index (χ2v) is 7.54. The Kier molecular flexibility index (Phi) is 9.30. The van der Waals surface area contributed by atoms with E-state index in [-0.39, 0.29) is 0 Å². The first-order valence-electron chi connectivity index (χ1n) is 10.6.